The lowest BCUT2D eigenvalue weighted by Gasteiger charge is -2.18. The van der Waals surface area contributed by atoms with E-state index in [1.54, 1.807) is 18.2 Å². The van der Waals surface area contributed by atoms with Crippen LogP contribution in [0.3, 0.4) is 0 Å². The number of para-hydroxylation sites is 1. The molecule has 106 valence electrons. The molecule has 0 saturated heterocycles. The van der Waals surface area contributed by atoms with E-state index in [4.69, 9.17) is 4.74 Å². The van der Waals surface area contributed by atoms with Crippen molar-refractivity contribution in [2.45, 2.75) is 46.1 Å². The minimum absolute atomic E-state index is 0.0268. The highest BCUT2D eigenvalue weighted by atomic mass is 16.6. The minimum Gasteiger partial charge on any atom is -0.487 e. The largest absolute Gasteiger partial charge is 0.487 e. The van der Waals surface area contributed by atoms with Crippen LogP contribution in [0.25, 0.3) is 0 Å². The van der Waals surface area contributed by atoms with Crippen LogP contribution >= 0.6 is 0 Å². The van der Waals surface area contributed by atoms with Crippen LogP contribution in [0.1, 0.15) is 40.0 Å². The van der Waals surface area contributed by atoms with E-state index >= 15 is 0 Å². The van der Waals surface area contributed by atoms with Crippen LogP contribution in [0.15, 0.2) is 18.2 Å². The molecule has 1 N–H and O–H groups in total. The molecule has 0 fully saturated rings. The summed E-state index contributed by atoms with van der Waals surface area (Å²) >= 11 is 0. The van der Waals surface area contributed by atoms with Crippen LogP contribution in [0.5, 0.6) is 5.75 Å². The van der Waals surface area contributed by atoms with E-state index in [1.807, 2.05) is 6.92 Å². The zero-order valence-electron chi connectivity index (χ0n) is 11.8. The Morgan fingerprint density at radius 2 is 2.11 bits per heavy atom. The Morgan fingerprint density at radius 3 is 2.63 bits per heavy atom. The van der Waals surface area contributed by atoms with Gasteiger partial charge in [0.1, 0.15) is 5.69 Å². The van der Waals surface area contributed by atoms with Gasteiger partial charge in [-0.3, -0.25) is 10.1 Å². The van der Waals surface area contributed by atoms with Gasteiger partial charge in [-0.1, -0.05) is 26.3 Å². The van der Waals surface area contributed by atoms with Crippen molar-refractivity contribution < 1.29 is 9.66 Å². The quantitative estimate of drug-likeness (QED) is 0.571. The molecule has 5 heteroatoms. The summed E-state index contributed by atoms with van der Waals surface area (Å²) in [6.07, 6.45) is 2.97. The van der Waals surface area contributed by atoms with Gasteiger partial charge in [0.2, 0.25) is 0 Å². The summed E-state index contributed by atoms with van der Waals surface area (Å²) in [5.41, 5.74) is 0.565. The molecule has 0 radical (unpaired) electrons. The van der Waals surface area contributed by atoms with E-state index in [1.165, 1.54) is 0 Å². The third-order valence-corrected chi connectivity index (χ3v) is 2.97. The van der Waals surface area contributed by atoms with E-state index in [-0.39, 0.29) is 16.7 Å². The minimum atomic E-state index is -0.383. The van der Waals surface area contributed by atoms with Crippen LogP contribution in [0, 0.1) is 10.1 Å². The second kappa shape index (κ2) is 7.61. The van der Waals surface area contributed by atoms with E-state index in [2.05, 4.69) is 19.2 Å². The highest BCUT2D eigenvalue weighted by molar-refractivity contribution is 5.68. The first-order valence-corrected chi connectivity index (χ1v) is 6.80. The Labute approximate surface area is 114 Å². The number of ether oxygens (including phenoxy) is 1. The predicted molar refractivity (Wildman–Crippen MR) is 76.9 cm³/mol. The van der Waals surface area contributed by atoms with Crippen molar-refractivity contribution in [3.63, 3.8) is 0 Å². The van der Waals surface area contributed by atoms with Gasteiger partial charge in [-0.15, -0.1) is 0 Å². The maximum atomic E-state index is 11.2. The van der Waals surface area contributed by atoms with E-state index in [0.717, 1.165) is 19.3 Å². The fourth-order valence-electron chi connectivity index (χ4n) is 2.05. The molecule has 0 saturated carbocycles. The Balaban J connectivity index is 3.04. The standard InChI is InChI=1S/C14H22N2O3/c1-4-8-11(5-2)15-12-9-7-10-13(19-6-3)14(12)16(17)18/h7,9-11,15H,4-6,8H2,1-3H3. The third kappa shape index (κ3) is 4.12. The number of benzene rings is 1. The summed E-state index contributed by atoms with van der Waals surface area (Å²) in [6.45, 7) is 6.41. The average molecular weight is 266 g/mol. The van der Waals surface area contributed by atoms with Gasteiger partial charge in [0, 0.05) is 6.04 Å². The highest BCUT2D eigenvalue weighted by Gasteiger charge is 2.22. The summed E-state index contributed by atoms with van der Waals surface area (Å²) in [5.74, 6) is 0.323. The topological polar surface area (TPSA) is 64.4 Å². The highest BCUT2D eigenvalue weighted by Crippen LogP contribution is 2.35. The summed E-state index contributed by atoms with van der Waals surface area (Å²) in [4.78, 5) is 10.8. The zero-order valence-corrected chi connectivity index (χ0v) is 11.8. The fourth-order valence-corrected chi connectivity index (χ4v) is 2.05. The molecule has 0 aromatic heterocycles. The van der Waals surface area contributed by atoms with Crippen molar-refractivity contribution in [2.75, 3.05) is 11.9 Å². The van der Waals surface area contributed by atoms with Gasteiger partial charge in [-0.25, -0.2) is 0 Å². The van der Waals surface area contributed by atoms with Crippen LogP contribution in [0.2, 0.25) is 0 Å². The number of hydrogen-bond donors (Lipinski definition) is 1. The van der Waals surface area contributed by atoms with E-state index in [0.29, 0.717) is 18.0 Å². The number of anilines is 1. The Morgan fingerprint density at radius 1 is 1.37 bits per heavy atom. The van der Waals surface area contributed by atoms with Crippen molar-refractivity contribution in [2.24, 2.45) is 0 Å². The fraction of sp³-hybridized carbons (Fsp3) is 0.571. The molecule has 0 aliphatic rings. The molecule has 0 heterocycles. The number of nitro benzene ring substituents is 1. The molecule has 1 rings (SSSR count). The number of rotatable bonds is 8. The van der Waals surface area contributed by atoms with Crippen molar-refractivity contribution in [1.29, 1.82) is 0 Å². The summed E-state index contributed by atoms with van der Waals surface area (Å²) < 4.78 is 5.33. The van der Waals surface area contributed by atoms with Gasteiger partial charge in [0.25, 0.3) is 0 Å². The number of nitro groups is 1. The molecular weight excluding hydrogens is 244 g/mol. The number of hydrogen-bond acceptors (Lipinski definition) is 4. The maximum Gasteiger partial charge on any atom is 0.333 e. The maximum absolute atomic E-state index is 11.2. The number of nitrogens with one attached hydrogen (secondary N) is 1. The first-order valence-electron chi connectivity index (χ1n) is 6.80. The molecule has 5 nitrogen and oxygen atoms in total. The van der Waals surface area contributed by atoms with Gasteiger partial charge >= 0.3 is 5.69 Å². The lowest BCUT2D eigenvalue weighted by molar-refractivity contribution is -0.385. The summed E-state index contributed by atoms with van der Waals surface area (Å²) in [5, 5.41) is 14.5. The molecular formula is C14H22N2O3. The second-order valence-electron chi connectivity index (χ2n) is 4.38. The second-order valence-corrected chi connectivity index (χ2v) is 4.38. The molecule has 19 heavy (non-hydrogen) atoms. The number of nitrogens with zero attached hydrogens (tertiary/aromatic N) is 1. The smallest absolute Gasteiger partial charge is 0.333 e. The van der Waals surface area contributed by atoms with Crippen molar-refractivity contribution in [3.8, 4) is 5.75 Å². The van der Waals surface area contributed by atoms with Crippen LogP contribution in [0.4, 0.5) is 11.4 Å². The monoisotopic (exact) mass is 266 g/mol. The first kappa shape index (κ1) is 15.3. The van der Waals surface area contributed by atoms with Crippen molar-refractivity contribution in [1.82, 2.24) is 0 Å². The molecule has 1 aromatic rings. The van der Waals surface area contributed by atoms with Crippen LogP contribution in [-0.2, 0) is 0 Å². The molecule has 1 atom stereocenters. The summed E-state index contributed by atoms with van der Waals surface area (Å²) in [6, 6.07) is 5.39. The van der Waals surface area contributed by atoms with Gasteiger partial charge < -0.3 is 10.1 Å². The molecule has 0 bridgehead atoms. The predicted octanol–water partition coefficient (Wildman–Crippen LogP) is 3.98. The van der Waals surface area contributed by atoms with Crippen molar-refractivity contribution >= 4 is 11.4 Å². The molecule has 0 aliphatic carbocycles. The van der Waals surface area contributed by atoms with Gasteiger partial charge in [-0.2, -0.15) is 0 Å². The normalized spacial score (nSPS) is 11.9. The van der Waals surface area contributed by atoms with E-state index in [9.17, 15) is 10.1 Å². The van der Waals surface area contributed by atoms with Crippen LogP contribution < -0.4 is 10.1 Å². The Kier molecular flexibility index (Phi) is 6.12. The average Bonchev–Trinajstić information content (AvgIpc) is 2.38. The molecule has 0 spiro atoms. The molecule has 1 unspecified atom stereocenters. The molecule has 0 aliphatic heterocycles. The Bertz CT molecular complexity index is 421. The van der Waals surface area contributed by atoms with Crippen LogP contribution in [-0.4, -0.2) is 17.6 Å². The third-order valence-electron chi connectivity index (χ3n) is 2.97. The van der Waals surface area contributed by atoms with Gasteiger partial charge in [0.05, 0.1) is 11.5 Å². The van der Waals surface area contributed by atoms with Gasteiger partial charge in [0.15, 0.2) is 5.75 Å². The van der Waals surface area contributed by atoms with Crippen molar-refractivity contribution in [3.05, 3.63) is 28.3 Å². The molecule has 0 amide bonds. The lowest BCUT2D eigenvalue weighted by Crippen LogP contribution is -2.19. The first-order chi connectivity index (χ1) is 9.13. The molecule has 1 aromatic carbocycles. The van der Waals surface area contributed by atoms with Gasteiger partial charge in [-0.05, 0) is 31.9 Å². The Hall–Kier alpha value is -1.78. The zero-order chi connectivity index (χ0) is 14.3. The van der Waals surface area contributed by atoms with E-state index < -0.39 is 0 Å². The lowest BCUT2D eigenvalue weighted by atomic mass is 10.1. The SMILES string of the molecule is CCCC(CC)Nc1cccc(OCC)c1[N+](=O)[O-]. The summed E-state index contributed by atoms with van der Waals surface area (Å²) in [7, 11) is 0.